The predicted octanol–water partition coefficient (Wildman–Crippen LogP) is 4.28. The van der Waals surface area contributed by atoms with Crippen LogP contribution >= 0.6 is 0 Å². The second-order valence-electron chi connectivity index (χ2n) is 6.86. The van der Waals surface area contributed by atoms with E-state index in [2.05, 4.69) is 31.2 Å². The van der Waals surface area contributed by atoms with Gasteiger partial charge in [-0.1, -0.05) is 19.1 Å². The predicted molar refractivity (Wildman–Crippen MR) is 88.9 cm³/mol. The van der Waals surface area contributed by atoms with Crippen LogP contribution in [0.2, 0.25) is 0 Å². The minimum atomic E-state index is -0.182. The third-order valence-electron chi connectivity index (χ3n) is 6.14. The summed E-state index contributed by atoms with van der Waals surface area (Å²) in [6.45, 7) is 2.23. The Morgan fingerprint density at radius 1 is 1.23 bits per heavy atom. The van der Waals surface area contributed by atoms with Gasteiger partial charge in [-0.15, -0.1) is 0 Å². The van der Waals surface area contributed by atoms with Gasteiger partial charge >= 0.3 is 0 Å². The largest absolute Gasteiger partial charge is 0.497 e. The van der Waals surface area contributed by atoms with E-state index in [0.29, 0.717) is 0 Å². The molecule has 1 aromatic rings. The lowest BCUT2D eigenvalue weighted by Crippen LogP contribution is -2.36. The molecule has 3 aliphatic rings. The first-order valence-electron chi connectivity index (χ1n) is 8.48. The number of hydrogen-bond donors (Lipinski definition) is 1. The molecule has 0 aliphatic heterocycles. The Balaban J connectivity index is 1.82. The van der Waals surface area contributed by atoms with Gasteiger partial charge in [0.25, 0.3) is 0 Å². The molecule has 22 heavy (non-hydrogen) atoms. The SMILES string of the molecule is CCC12CCC3=C(CCc4cc(OC)ccc43)C1=CCC2O. The van der Waals surface area contributed by atoms with Crippen molar-refractivity contribution in [1.29, 1.82) is 0 Å². The van der Waals surface area contributed by atoms with Gasteiger partial charge in [0.05, 0.1) is 13.2 Å². The summed E-state index contributed by atoms with van der Waals surface area (Å²) in [6, 6.07) is 6.50. The Kier molecular flexibility index (Phi) is 3.19. The molecule has 2 nitrogen and oxygen atoms in total. The van der Waals surface area contributed by atoms with Gasteiger partial charge < -0.3 is 9.84 Å². The van der Waals surface area contributed by atoms with Crippen LogP contribution in [0, 0.1) is 5.41 Å². The Hall–Kier alpha value is -1.54. The molecular formula is C20H24O2. The second-order valence-corrected chi connectivity index (χ2v) is 6.86. The second kappa shape index (κ2) is 4.99. The van der Waals surface area contributed by atoms with Crippen LogP contribution in [0.15, 0.2) is 35.4 Å². The van der Waals surface area contributed by atoms with Crippen LogP contribution in [0.3, 0.4) is 0 Å². The highest BCUT2D eigenvalue weighted by Gasteiger charge is 2.47. The van der Waals surface area contributed by atoms with Gasteiger partial charge in [0.2, 0.25) is 0 Å². The molecule has 0 amide bonds. The Morgan fingerprint density at radius 3 is 2.86 bits per heavy atom. The van der Waals surface area contributed by atoms with E-state index in [1.54, 1.807) is 7.11 Å². The van der Waals surface area contributed by atoms with Crippen molar-refractivity contribution < 1.29 is 9.84 Å². The van der Waals surface area contributed by atoms with Crippen molar-refractivity contribution in [1.82, 2.24) is 0 Å². The molecule has 0 spiro atoms. The molecule has 0 saturated heterocycles. The molecule has 0 heterocycles. The van der Waals surface area contributed by atoms with Crippen LogP contribution in [0.5, 0.6) is 5.75 Å². The number of allylic oxidation sites excluding steroid dienone is 2. The summed E-state index contributed by atoms with van der Waals surface area (Å²) in [5, 5.41) is 10.5. The quantitative estimate of drug-likeness (QED) is 0.883. The van der Waals surface area contributed by atoms with Crippen molar-refractivity contribution in [3.63, 3.8) is 0 Å². The van der Waals surface area contributed by atoms with Gasteiger partial charge in [-0.3, -0.25) is 0 Å². The zero-order chi connectivity index (χ0) is 15.3. The summed E-state index contributed by atoms with van der Waals surface area (Å²) in [5.41, 5.74) is 7.37. The normalized spacial score (nSPS) is 29.6. The van der Waals surface area contributed by atoms with E-state index in [0.717, 1.165) is 44.3 Å². The summed E-state index contributed by atoms with van der Waals surface area (Å²) in [5.74, 6) is 0.956. The fraction of sp³-hybridized carbons (Fsp3) is 0.500. The van der Waals surface area contributed by atoms with Crippen LogP contribution in [0.25, 0.3) is 5.57 Å². The van der Waals surface area contributed by atoms with Crippen LogP contribution in [-0.2, 0) is 6.42 Å². The topological polar surface area (TPSA) is 29.5 Å². The molecule has 0 saturated carbocycles. The van der Waals surface area contributed by atoms with Gasteiger partial charge in [-0.2, -0.15) is 0 Å². The minimum absolute atomic E-state index is 0.0306. The first kappa shape index (κ1) is 14.1. The van der Waals surface area contributed by atoms with Crippen molar-refractivity contribution in [3.05, 3.63) is 46.5 Å². The Bertz CT molecular complexity index is 683. The molecular weight excluding hydrogens is 272 g/mol. The number of aliphatic hydroxyl groups is 1. The molecule has 1 aromatic carbocycles. The van der Waals surface area contributed by atoms with Crippen molar-refractivity contribution in [2.24, 2.45) is 5.41 Å². The number of aliphatic hydroxyl groups excluding tert-OH is 1. The summed E-state index contributed by atoms with van der Waals surface area (Å²) in [4.78, 5) is 0. The molecule has 0 radical (unpaired) electrons. The van der Waals surface area contributed by atoms with Crippen molar-refractivity contribution in [2.75, 3.05) is 7.11 Å². The summed E-state index contributed by atoms with van der Waals surface area (Å²) in [6.07, 6.45) is 8.38. The van der Waals surface area contributed by atoms with E-state index >= 15 is 0 Å². The average molecular weight is 296 g/mol. The van der Waals surface area contributed by atoms with Crippen LogP contribution in [-0.4, -0.2) is 18.3 Å². The summed E-state index contributed by atoms with van der Waals surface area (Å²) >= 11 is 0. The standard InChI is InChI=1S/C20H24O2/c1-3-20-11-10-16-15-7-5-14(22-2)12-13(15)4-6-17(16)18(20)8-9-19(20)21/h5,7-8,12,19,21H,3-4,6,9-11H2,1-2H3. The number of methoxy groups -OCH3 is 1. The third-order valence-corrected chi connectivity index (χ3v) is 6.14. The third kappa shape index (κ3) is 1.77. The minimum Gasteiger partial charge on any atom is -0.497 e. The fourth-order valence-electron chi connectivity index (χ4n) is 4.87. The summed E-state index contributed by atoms with van der Waals surface area (Å²) < 4.78 is 5.37. The highest BCUT2D eigenvalue weighted by atomic mass is 16.5. The maximum atomic E-state index is 10.5. The van der Waals surface area contributed by atoms with E-state index in [1.807, 2.05) is 0 Å². The lowest BCUT2D eigenvalue weighted by molar-refractivity contribution is 0.0570. The van der Waals surface area contributed by atoms with E-state index < -0.39 is 0 Å². The van der Waals surface area contributed by atoms with E-state index in [4.69, 9.17) is 4.74 Å². The van der Waals surface area contributed by atoms with E-state index in [1.165, 1.54) is 27.8 Å². The van der Waals surface area contributed by atoms with Gasteiger partial charge in [0.1, 0.15) is 5.75 Å². The first-order valence-corrected chi connectivity index (χ1v) is 8.48. The molecule has 2 atom stereocenters. The monoisotopic (exact) mass is 296 g/mol. The lowest BCUT2D eigenvalue weighted by atomic mass is 9.63. The Labute approximate surface area is 132 Å². The van der Waals surface area contributed by atoms with E-state index in [-0.39, 0.29) is 11.5 Å². The smallest absolute Gasteiger partial charge is 0.119 e. The van der Waals surface area contributed by atoms with Crippen LogP contribution in [0.4, 0.5) is 0 Å². The highest BCUT2D eigenvalue weighted by Crippen LogP contribution is 2.57. The van der Waals surface area contributed by atoms with Gasteiger partial charge in [-0.25, -0.2) is 0 Å². The Morgan fingerprint density at radius 2 is 2.09 bits per heavy atom. The molecule has 2 unspecified atom stereocenters. The molecule has 0 bridgehead atoms. The van der Waals surface area contributed by atoms with Gasteiger partial charge in [0.15, 0.2) is 0 Å². The number of rotatable bonds is 2. The highest BCUT2D eigenvalue weighted by molar-refractivity contribution is 5.79. The molecule has 116 valence electrons. The molecule has 0 aromatic heterocycles. The molecule has 2 heteroatoms. The molecule has 3 aliphatic carbocycles. The number of fused-ring (bicyclic) bond motifs is 4. The lowest BCUT2D eigenvalue weighted by Gasteiger charge is -2.42. The zero-order valence-electron chi connectivity index (χ0n) is 13.5. The van der Waals surface area contributed by atoms with Crippen LogP contribution in [0.1, 0.15) is 50.2 Å². The van der Waals surface area contributed by atoms with Crippen molar-refractivity contribution >= 4 is 5.57 Å². The van der Waals surface area contributed by atoms with Crippen molar-refractivity contribution in [2.45, 2.75) is 51.6 Å². The summed E-state index contributed by atoms with van der Waals surface area (Å²) in [7, 11) is 1.73. The van der Waals surface area contributed by atoms with E-state index in [9.17, 15) is 5.11 Å². The molecule has 1 N–H and O–H groups in total. The fourth-order valence-corrected chi connectivity index (χ4v) is 4.87. The first-order chi connectivity index (χ1) is 10.7. The van der Waals surface area contributed by atoms with Gasteiger partial charge in [-0.05, 0) is 78.5 Å². The number of ether oxygens (including phenoxy) is 1. The maximum absolute atomic E-state index is 10.5. The van der Waals surface area contributed by atoms with Crippen molar-refractivity contribution in [3.8, 4) is 5.75 Å². The zero-order valence-corrected chi connectivity index (χ0v) is 13.5. The number of hydrogen-bond acceptors (Lipinski definition) is 2. The van der Waals surface area contributed by atoms with Crippen LogP contribution < -0.4 is 4.74 Å². The van der Waals surface area contributed by atoms with Gasteiger partial charge in [0, 0.05) is 5.41 Å². The molecule has 0 fully saturated rings. The number of benzene rings is 1. The molecule has 4 rings (SSSR count). The maximum Gasteiger partial charge on any atom is 0.119 e. The average Bonchev–Trinajstić information content (AvgIpc) is 2.91. The number of aryl methyl sites for hydroxylation is 1.